The van der Waals surface area contributed by atoms with Gasteiger partial charge in [-0.15, -0.1) is 0 Å². The van der Waals surface area contributed by atoms with Crippen LogP contribution in [0.15, 0.2) is 24.3 Å². The lowest BCUT2D eigenvalue weighted by atomic mass is 9.85. The van der Waals surface area contributed by atoms with E-state index in [2.05, 4.69) is 4.72 Å². The van der Waals surface area contributed by atoms with E-state index in [-0.39, 0.29) is 17.7 Å². The minimum Gasteiger partial charge on any atom is -0.330 e. The maximum Gasteiger partial charge on any atom is 0.216 e. The number of hydrogen-bond acceptors (Lipinski definition) is 3. The van der Waals surface area contributed by atoms with Crippen molar-refractivity contribution in [1.29, 1.82) is 0 Å². The van der Waals surface area contributed by atoms with E-state index in [0.29, 0.717) is 17.1 Å². The second-order valence-electron chi connectivity index (χ2n) is 5.36. The molecular formula is C14H21ClN2O2S. The summed E-state index contributed by atoms with van der Waals surface area (Å²) in [5, 5.41) is 0.483. The first-order chi connectivity index (χ1) is 9.52. The second kappa shape index (κ2) is 6.89. The summed E-state index contributed by atoms with van der Waals surface area (Å²) in [7, 11) is -3.39. The van der Waals surface area contributed by atoms with Crippen molar-refractivity contribution in [3.05, 3.63) is 34.9 Å². The third kappa shape index (κ3) is 4.19. The van der Waals surface area contributed by atoms with Gasteiger partial charge in [0, 0.05) is 11.1 Å². The van der Waals surface area contributed by atoms with Crippen molar-refractivity contribution in [3.63, 3.8) is 0 Å². The Hall–Kier alpha value is -0.620. The van der Waals surface area contributed by atoms with E-state index in [4.69, 9.17) is 17.3 Å². The molecule has 0 spiro atoms. The Bertz CT molecular complexity index is 548. The van der Waals surface area contributed by atoms with Crippen LogP contribution in [0.5, 0.6) is 0 Å². The van der Waals surface area contributed by atoms with Crippen molar-refractivity contribution in [2.75, 3.05) is 6.54 Å². The summed E-state index contributed by atoms with van der Waals surface area (Å²) in [4.78, 5) is 0. The van der Waals surface area contributed by atoms with E-state index >= 15 is 0 Å². The number of rotatable bonds is 5. The summed E-state index contributed by atoms with van der Waals surface area (Å²) >= 11 is 6.02. The van der Waals surface area contributed by atoms with Gasteiger partial charge < -0.3 is 5.73 Å². The number of sulfonamides is 1. The molecule has 20 heavy (non-hydrogen) atoms. The molecule has 1 aliphatic carbocycles. The third-order valence-electron chi connectivity index (χ3n) is 3.85. The van der Waals surface area contributed by atoms with Crippen molar-refractivity contribution in [1.82, 2.24) is 4.72 Å². The lowest BCUT2D eigenvalue weighted by molar-refractivity contribution is 0.296. The molecule has 0 radical (unpaired) electrons. The fraction of sp³-hybridized carbons (Fsp3) is 0.571. The molecule has 0 bridgehead atoms. The summed E-state index contributed by atoms with van der Waals surface area (Å²) in [5.74, 6) is 0.158. The minimum absolute atomic E-state index is 0.0405. The normalized spacial score (nSPS) is 23.7. The first-order valence-electron chi connectivity index (χ1n) is 6.95. The highest BCUT2D eigenvalue weighted by atomic mass is 35.5. The van der Waals surface area contributed by atoms with Gasteiger partial charge in [0.2, 0.25) is 10.0 Å². The first kappa shape index (κ1) is 15.8. The van der Waals surface area contributed by atoms with Gasteiger partial charge in [0.1, 0.15) is 0 Å². The Morgan fingerprint density at radius 3 is 2.65 bits per heavy atom. The van der Waals surface area contributed by atoms with Crippen LogP contribution < -0.4 is 10.5 Å². The van der Waals surface area contributed by atoms with Gasteiger partial charge in [-0.05, 0) is 36.9 Å². The summed E-state index contributed by atoms with van der Waals surface area (Å²) in [5.41, 5.74) is 6.36. The third-order valence-corrected chi connectivity index (χ3v) is 5.57. The topological polar surface area (TPSA) is 72.2 Å². The van der Waals surface area contributed by atoms with Crippen LogP contribution in [-0.2, 0) is 15.8 Å². The summed E-state index contributed by atoms with van der Waals surface area (Å²) < 4.78 is 27.3. The SMILES string of the molecule is NC[C@@H]1CCCC[C@@H]1NS(=O)(=O)Cc1ccccc1Cl. The van der Waals surface area contributed by atoms with Gasteiger partial charge in [0.05, 0.1) is 5.75 Å². The number of halogens is 1. The highest BCUT2D eigenvalue weighted by molar-refractivity contribution is 7.88. The predicted octanol–water partition coefficient (Wildman–Crippen LogP) is 2.28. The van der Waals surface area contributed by atoms with Crippen LogP contribution in [-0.4, -0.2) is 21.0 Å². The Labute approximate surface area is 125 Å². The zero-order chi connectivity index (χ0) is 14.6. The number of nitrogens with two attached hydrogens (primary N) is 1. The average Bonchev–Trinajstić information content (AvgIpc) is 2.41. The van der Waals surface area contributed by atoms with Crippen LogP contribution in [0.3, 0.4) is 0 Å². The van der Waals surface area contributed by atoms with Gasteiger partial charge in [-0.25, -0.2) is 13.1 Å². The largest absolute Gasteiger partial charge is 0.330 e. The Balaban J connectivity index is 2.05. The Kier molecular flexibility index (Phi) is 5.43. The molecule has 0 amide bonds. The molecule has 3 N–H and O–H groups in total. The molecule has 2 atom stereocenters. The molecule has 1 saturated carbocycles. The second-order valence-corrected chi connectivity index (χ2v) is 7.52. The maximum absolute atomic E-state index is 12.3. The number of hydrogen-bond donors (Lipinski definition) is 2. The van der Waals surface area contributed by atoms with Crippen molar-refractivity contribution < 1.29 is 8.42 Å². The van der Waals surface area contributed by atoms with E-state index < -0.39 is 10.0 Å². The molecule has 112 valence electrons. The zero-order valence-corrected chi connectivity index (χ0v) is 13.0. The monoisotopic (exact) mass is 316 g/mol. The van der Waals surface area contributed by atoms with E-state index in [1.165, 1.54) is 0 Å². The molecule has 0 aliphatic heterocycles. The van der Waals surface area contributed by atoms with E-state index in [9.17, 15) is 8.42 Å². The van der Waals surface area contributed by atoms with Crippen molar-refractivity contribution >= 4 is 21.6 Å². The van der Waals surface area contributed by atoms with Gasteiger partial charge in [-0.2, -0.15) is 0 Å². The van der Waals surface area contributed by atoms with E-state index in [1.54, 1.807) is 24.3 Å². The maximum atomic E-state index is 12.3. The molecule has 6 heteroatoms. The molecule has 0 aromatic heterocycles. The van der Waals surface area contributed by atoms with Gasteiger partial charge in [-0.3, -0.25) is 0 Å². The fourth-order valence-corrected chi connectivity index (χ4v) is 4.54. The highest BCUT2D eigenvalue weighted by Gasteiger charge is 2.28. The van der Waals surface area contributed by atoms with Crippen LogP contribution in [0.25, 0.3) is 0 Å². The molecule has 0 saturated heterocycles. The van der Waals surface area contributed by atoms with Gasteiger partial charge in [0.15, 0.2) is 0 Å². The molecule has 2 rings (SSSR count). The molecule has 1 aliphatic rings. The summed E-state index contributed by atoms with van der Waals surface area (Å²) in [6.45, 7) is 0.527. The predicted molar refractivity (Wildman–Crippen MR) is 82.0 cm³/mol. The molecule has 1 fully saturated rings. The number of benzene rings is 1. The number of nitrogens with one attached hydrogen (secondary N) is 1. The zero-order valence-electron chi connectivity index (χ0n) is 11.4. The minimum atomic E-state index is -3.39. The van der Waals surface area contributed by atoms with Crippen molar-refractivity contribution in [2.45, 2.75) is 37.5 Å². The summed E-state index contributed by atoms with van der Waals surface area (Å²) in [6, 6.07) is 6.98. The van der Waals surface area contributed by atoms with Gasteiger partial charge in [0.25, 0.3) is 0 Å². The highest BCUT2D eigenvalue weighted by Crippen LogP contribution is 2.25. The average molecular weight is 317 g/mol. The lowest BCUT2D eigenvalue weighted by Crippen LogP contribution is -2.45. The first-order valence-corrected chi connectivity index (χ1v) is 8.98. The lowest BCUT2D eigenvalue weighted by Gasteiger charge is -2.31. The standard InChI is InChI=1S/C14H21ClN2O2S/c15-13-7-3-1-6-12(13)10-20(18,19)17-14-8-4-2-5-11(14)9-16/h1,3,6-7,11,14,17H,2,4-5,8-10,16H2/t11-,14-/m0/s1. The summed E-state index contributed by atoms with van der Waals surface area (Å²) in [6.07, 6.45) is 4.04. The van der Waals surface area contributed by atoms with E-state index in [0.717, 1.165) is 25.7 Å². The quantitative estimate of drug-likeness (QED) is 0.875. The van der Waals surface area contributed by atoms with Crippen molar-refractivity contribution in [2.24, 2.45) is 11.7 Å². The van der Waals surface area contributed by atoms with Crippen LogP contribution in [0.2, 0.25) is 5.02 Å². The Morgan fingerprint density at radius 2 is 1.95 bits per heavy atom. The molecular weight excluding hydrogens is 296 g/mol. The molecule has 1 aromatic rings. The van der Waals surface area contributed by atoms with Crippen LogP contribution in [0.4, 0.5) is 0 Å². The van der Waals surface area contributed by atoms with Gasteiger partial charge >= 0.3 is 0 Å². The molecule has 1 aromatic carbocycles. The van der Waals surface area contributed by atoms with E-state index in [1.807, 2.05) is 0 Å². The molecule has 0 unspecified atom stereocenters. The smallest absolute Gasteiger partial charge is 0.216 e. The van der Waals surface area contributed by atoms with Crippen LogP contribution in [0.1, 0.15) is 31.2 Å². The Morgan fingerprint density at radius 1 is 1.25 bits per heavy atom. The van der Waals surface area contributed by atoms with Crippen LogP contribution in [0, 0.1) is 5.92 Å². The molecule has 4 nitrogen and oxygen atoms in total. The fourth-order valence-electron chi connectivity index (χ4n) is 2.74. The van der Waals surface area contributed by atoms with Gasteiger partial charge in [-0.1, -0.05) is 42.6 Å². The van der Waals surface area contributed by atoms with Crippen molar-refractivity contribution in [3.8, 4) is 0 Å². The van der Waals surface area contributed by atoms with Crippen LogP contribution >= 0.6 is 11.6 Å². The molecule has 0 heterocycles.